The van der Waals surface area contributed by atoms with Crippen molar-refractivity contribution >= 4 is 12.4 Å². The minimum Gasteiger partial charge on any atom is -0.339 e. The Morgan fingerprint density at radius 1 is 1.18 bits per heavy atom. The van der Waals surface area contributed by atoms with Crippen LogP contribution in [0, 0.1) is 0 Å². The molecule has 0 radical (unpaired) electrons. The maximum absolute atomic E-state index is 12.5. The first kappa shape index (κ1) is 16.8. The van der Waals surface area contributed by atoms with Gasteiger partial charge in [0.2, 0.25) is 5.89 Å². The summed E-state index contributed by atoms with van der Waals surface area (Å²) in [7, 11) is 0. The molecule has 0 aliphatic heterocycles. The quantitative estimate of drug-likeness (QED) is 0.934. The van der Waals surface area contributed by atoms with Gasteiger partial charge in [-0.1, -0.05) is 17.3 Å². The number of hydrogen-bond acceptors (Lipinski definition) is 4. The van der Waals surface area contributed by atoms with Gasteiger partial charge in [0.25, 0.3) is 0 Å². The third kappa shape index (κ3) is 3.25. The predicted molar refractivity (Wildman–Crippen MR) is 75.5 cm³/mol. The van der Waals surface area contributed by atoms with E-state index >= 15 is 0 Å². The number of nitrogens with two attached hydrogens (primary N) is 1. The van der Waals surface area contributed by atoms with E-state index in [4.69, 9.17) is 10.3 Å². The molecule has 8 heteroatoms. The SMILES string of the molecule is Cl.NC1(c2noc(Cc3ccc(C(F)(F)F)cc3)n2)CCC1. The number of alkyl halides is 3. The Bertz CT molecular complexity index is 636. The maximum Gasteiger partial charge on any atom is 0.416 e. The molecule has 0 atom stereocenters. The van der Waals surface area contributed by atoms with Crippen molar-refractivity contribution in [1.82, 2.24) is 10.1 Å². The average molecular weight is 334 g/mol. The molecule has 2 N–H and O–H groups in total. The Hall–Kier alpha value is -1.60. The lowest BCUT2D eigenvalue weighted by atomic mass is 9.77. The minimum absolute atomic E-state index is 0. The number of rotatable bonds is 3. The van der Waals surface area contributed by atoms with Crippen LogP contribution in [0.2, 0.25) is 0 Å². The molecule has 1 aliphatic rings. The Balaban J connectivity index is 0.00000176. The lowest BCUT2D eigenvalue weighted by Gasteiger charge is -2.34. The molecule has 1 aromatic carbocycles. The number of aromatic nitrogens is 2. The molecule has 0 unspecified atom stereocenters. The highest BCUT2D eigenvalue weighted by atomic mass is 35.5. The largest absolute Gasteiger partial charge is 0.416 e. The van der Waals surface area contributed by atoms with E-state index in [9.17, 15) is 13.2 Å². The van der Waals surface area contributed by atoms with Gasteiger partial charge >= 0.3 is 6.18 Å². The lowest BCUT2D eigenvalue weighted by molar-refractivity contribution is -0.137. The molecular weight excluding hydrogens is 319 g/mol. The van der Waals surface area contributed by atoms with Crippen molar-refractivity contribution in [3.63, 3.8) is 0 Å². The highest BCUT2D eigenvalue weighted by Gasteiger charge is 2.39. The summed E-state index contributed by atoms with van der Waals surface area (Å²) >= 11 is 0. The average Bonchev–Trinajstić information content (AvgIpc) is 2.84. The van der Waals surface area contributed by atoms with Gasteiger partial charge in [0.1, 0.15) is 0 Å². The van der Waals surface area contributed by atoms with Crippen LogP contribution in [0.15, 0.2) is 28.8 Å². The highest BCUT2D eigenvalue weighted by molar-refractivity contribution is 5.85. The van der Waals surface area contributed by atoms with Crippen LogP contribution in [0.5, 0.6) is 0 Å². The van der Waals surface area contributed by atoms with Gasteiger partial charge in [0.15, 0.2) is 5.82 Å². The van der Waals surface area contributed by atoms with Crippen LogP contribution in [0.4, 0.5) is 13.2 Å². The molecule has 1 fully saturated rings. The van der Waals surface area contributed by atoms with Crippen molar-refractivity contribution in [1.29, 1.82) is 0 Å². The normalized spacial score (nSPS) is 16.7. The smallest absolute Gasteiger partial charge is 0.339 e. The van der Waals surface area contributed by atoms with Crippen molar-refractivity contribution < 1.29 is 17.7 Å². The summed E-state index contributed by atoms with van der Waals surface area (Å²) in [4.78, 5) is 4.25. The number of nitrogens with zero attached hydrogens (tertiary/aromatic N) is 2. The summed E-state index contributed by atoms with van der Waals surface area (Å²) < 4.78 is 42.5. The van der Waals surface area contributed by atoms with E-state index < -0.39 is 17.3 Å². The second kappa shape index (κ2) is 5.89. The first-order valence-corrected chi connectivity index (χ1v) is 6.65. The molecule has 1 heterocycles. The third-order valence-corrected chi connectivity index (χ3v) is 3.80. The molecular formula is C14H15ClF3N3O. The van der Waals surface area contributed by atoms with Gasteiger partial charge in [0, 0.05) is 0 Å². The van der Waals surface area contributed by atoms with Gasteiger partial charge in [-0.25, -0.2) is 0 Å². The van der Waals surface area contributed by atoms with E-state index in [1.165, 1.54) is 12.1 Å². The van der Waals surface area contributed by atoms with E-state index in [-0.39, 0.29) is 12.4 Å². The van der Waals surface area contributed by atoms with E-state index in [0.29, 0.717) is 23.7 Å². The van der Waals surface area contributed by atoms with Gasteiger partial charge < -0.3 is 10.3 Å². The third-order valence-electron chi connectivity index (χ3n) is 3.80. The molecule has 22 heavy (non-hydrogen) atoms. The summed E-state index contributed by atoms with van der Waals surface area (Å²) in [5.74, 6) is 0.845. The first-order valence-electron chi connectivity index (χ1n) is 6.65. The summed E-state index contributed by atoms with van der Waals surface area (Å²) in [6.45, 7) is 0. The first-order chi connectivity index (χ1) is 9.87. The minimum atomic E-state index is -4.33. The molecule has 1 aliphatic carbocycles. The van der Waals surface area contributed by atoms with Gasteiger partial charge in [-0.3, -0.25) is 0 Å². The molecule has 2 aromatic rings. The standard InChI is InChI=1S/C14H14F3N3O.ClH/c15-14(16,17)10-4-2-9(3-5-10)8-11-19-12(20-21-11)13(18)6-1-7-13;/h2-5H,1,6-8,18H2;1H. The highest BCUT2D eigenvalue weighted by Crippen LogP contribution is 2.37. The second-order valence-electron chi connectivity index (χ2n) is 5.39. The molecule has 4 nitrogen and oxygen atoms in total. The van der Waals surface area contributed by atoms with Gasteiger partial charge in [0.05, 0.1) is 17.5 Å². The Labute approximate surface area is 131 Å². The van der Waals surface area contributed by atoms with Crippen molar-refractivity contribution in [3.05, 3.63) is 47.1 Å². The monoisotopic (exact) mass is 333 g/mol. The molecule has 0 saturated heterocycles. The molecule has 0 amide bonds. The van der Waals surface area contributed by atoms with Gasteiger partial charge in [-0.2, -0.15) is 18.2 Å². The summed E-state index contributed by atoms with van der Waals surface area (Å²) in [6, 6.07) is 4.91. The van der Waals surface area contributed by atoms with Crippen LogP contribution in [0.25, 0.3) is 0 Å². The zero-order valence-corrected chi connectivity index (χ0v) is 12.4. The second-order valence-corrected chi connectivity index (χ2v) is 5.39. The van der Waals surface area contributed by atoms with E-state index in [0.717, 1.165) is 31.4 Å². The number of benzene rings is 1. The van der Waals surface area contributed by atoms with Crippen LogP contribution in [0.1, 0.15) is 42.1 Å². The topological polar surface area (TPSA) is 64.9 Å². The fourth-order valence-corrected chi connectivity index (χ4v) is 2.30. The zero-order valence-electron chi connectivity index (χ0n) is 11.6. The molecule has 120 valence electrons. The number of halogens is 4. The van der Waals surface area contributed by atoms with Crippen LogP contribution < -0.4 is 5.73 Å². The molecule has 3 rings (SSSR count). The van der Waals surface area contributed by atoms with Crippen LogP contribution in [-0.2, 0) is 18.1 Å². The molecule has 0 spiro atoms. The Kier molecular flexibility index (Phi) is 4.49. The van der Waals surface area contributed by atoms with Crippen LogP contribution in [-0.4, -0.2) is 10.1 Å². The lowest BCUT2D eigenvalue weighted by Crippen LogP contribution is -2.44. The molecule has 1 aromatic heterocycles. The Morgan fingerprint density at radius 2 is 1.82 bits per heavy atom. The summed E-state index contributed by atoms with van der Waals surface area (Å²) in [5, 5.41) is 3.87. The zero-order chi connectivity index (χ0) is 15.1. The summed E-state index contributed by atoms with van der Waals surface area (Å²) in [6.07, 6.45) is -1.34. The van der Waals surface area contributed by atoms with Crippen molar-refractivity contribution in [2.75, 3.05) is 0 Å². The van der Waals surface area contributed by atoms with Crippen molar-refractivity contribution in [3.8, 4) is 0 Å². The summed E-state index contributed by atoms with van der Waals surface area (Å²) in [5.41, 5.74) is 5.60. The van der Waals surface area contributed by atoms with Gasteiger partial charge in [-0.15, -0.1) is 12.4 Å². The Morgan fingerprint density at radius 3 is 2.32 bits per heavy atom. The predicted octanol–water partition coefficient (Wildman–Crippen LogP) is 3.44. The van der Waals surface area contributed by atoms with Crippen molar-refractivity contribution in [2.45, 2.75) is 37.4 Å². The van der Waals surface area contributed by atoms with E-state index in [2.05, 4.69) is 10.1 Å². The van der Waals surface area contributed by atoms with Crippen LogP contribution in [0.3, 0.4) is 0 Å². The van der Waals surface area contributed by atoms with E-state index in [1.54, 1.807) is 0 Å². The number of hydrogen-bond donors (Lipinski definition) is 1. The van der Waals surface area contributed by atoms with Crippen molar-refractivity contribution in [2.24, 2.45) is 5.73 Å². The van der Waals surface area contributed by atoms with E-state index in [1.807, 2.05) is 0 Å². The fourth-order valence-electron chi connectivity index (χ4n) is 2.30. The van der Waals surface area contributed by atoms with Gasteiger partial charge in [-0.05, 0) is 37.0 Å². The maximum atomic E-state index is 12.5. The molecule has 0 bridgehead atoms. The van der Waals surface area contributed by atoms with Crippen LogP contribution >= 0.6 is 12.4 Å². The molecule has 1 saturated carbocycles. The fraction of sp³-hybridized carbons (Fsp3) is 0.429.